The minimum Gasteiger partial charge on any atom is -0.361 e. The van der Waals surface area contributed by atoms with Crippen LogP contribution in [-0.2, 0) is 13.0 Å². The van der Waals surface area contributed by atoms with Crippen molar-refractivity contribution in [3.8, 4) is 0 Å². The molecule has 0 aliphatic carbocycles. The van der Waals surface area contributed by atoms with Gasteiger partial charge in [-0.15, -0.1) is 0 Å². The molecule has 0 bridgehead atoms. The highest BCUT2D eigenvalue weighted by Crippen LogP contribution is 2.20. The molecule has 0 radical (unpaired) electrons. The first-order chi connectivity index (χ1) is 10.7. The normalized spacial score (nSPS) is 17.7. The van der Waals surface area contributed by atoms with E-state index < -0.39 is 0 Å². The maximum Gasteiger partial charge on any atom is 0.317 e. The van der Waals surface area contributed by atoms with E-state index in [2.05, 4.69) is 34.7 Å². The summed E-state index contributed by atoms with van der Waals surface area (Å²) in [6.07, 6.45) is 2.10. The molecule has 3 rings (SSSR count). The SMILES string of the molecule is Cc1cc(CNC(=O)N2CCC(Cc3ccccc3)C2)no1. The lowest BCUT2D eigenvalue weighted by molar-refractivity contribution is 0.206. The fourth-order valence-corrected chi connectivity index (χ4v) is 2.91. The van der Waals surface area contributed by atoms with E-state index in [0.717, 1.165) is 37.4 Å². The summed E-state index contributed by atoms with van der Waals surface area (Å²) in [5.74, 6) is 1.30. The highest BCUT2D eigenvalue weighted by atomic mass is 16.5. The molecule has 2 heterocycles. The van der Waals surface area contributed by atoms with Crippen molar-refractivity contribution in [3.05, 3.63) is 53.4 Å². The van der Waals surface area contributed by atoms with Crippen LogP contribution in [0.2, 0.25) is 0 Å². The van der Waals surface area contributed by atoms with Gasteiger partial charge in [-0.1, -0.05) is 35.5 Å². The Bertz CT molecular complexity index is 624. The van der Waals surface area contributed by atoms with E-state index >= 15 is 0 Å². The third-order valence-electron chi connectivity index (χ3n) is 4.04. The maximum atomic E-state index is 12.2. The van der Waals surface area contributed by atoms with Crippen LogP contribution in [-0.4, -0.2) is 29.2 Å². The van der Waals surface area contributed by atoms with Crippen LogP contribution in [0.1, 0.15) is 23.4 Å². The monoisotopic (exact) mass is 299 g/mol. The molecule has 1 atom stereocenters. The number of amides is 2. The third-order valence-corrected chi connectivity index (χ3v) is 4.04. The Kier molecular flexibility index (Phi) is 4.42. The largest absolute Gasteiger partial charge is 0.361 e. The van der Waals surface area contributed by atoms with Crippen molar-refractivity contribution < 1.29 is 9.32 Å². The van der Waals surface area contributed by atoms with Gasteiger partial charge in [-0.25, -0.2) is 4.79 Å². The molecular formula is C17H21N3O2. The Balaban J connectivity index is 1.46. The number of rotatable bonds is 4. The van der Waals surface area contributed by atoms with Crippen molar-refractivity contribution in [1.82, 2.24) is 15.4 Å². The molecule has 2 amide bonds. The van der Waals surface area contributed by atoms with E-state index in [1.807, 2.05) is 24.0 Å². The van der Waals surface area contributed by atoms with Crippen LogP contribution in [0.4, 0.5) is 4.79 Å². The van der Waals surface area contributed by atoms with E-state index in [-0.39, 0.29) is 6.03 Å². The zero-order valence-corrected chi connectivity index (χ0v) is 12.8. The van der Waals surface area contributed by atoms with Gasteiger partial charge in [-0.2, -0.15) is 0 Å². The van der Waals surface area contributed by atoms with Crippen LogP contribution in [0.15, 0.2) is 40.9 Å². The third kappa shape index (κ3) is 3.67. The number of aromatic nitrogens is 1. The second-order valence-electron chi connectivity index (χ2n) is 5.88. The minimum absolute atomic E-state index is 0.0174. The summed E-state index contributed by atoms with van der Waals surface area (Å²) >= 11 is 0. The molecule has 1 fully saturated rings. The molecular weight excluding hydrogens is 278 g/mol. The summed E-state index contributed by atoms with van der Waals surface area (Å²) in [6.45, 7) is 3.89. The molecule has 1 aromatic heterocycles. The number of carbonyl (C=O) groups is 1. The Morgan fingerprint density at radius 3 is 2.95 bits per heavy atom. The van der Waals surface area contributed by atoms with Gasteiger partial charge in [0.05, 0.1) is 6.54 Å². The molecule has 1 aliphatic heterocycles. The van der Waals surface area contributed by atoms with Crippen molar-refractivity contribution in [2.75, 3.05) is 13.1 Å². The molecule has 1 saturated heterocycles. The van der Waals surface area contributed by atoms with Gasteiger partial charge < -0.3 is 14.7 Å². The van der Waals surface area contributed by atoms with Crippen LogP contribution in [0, 0.1) is 12.8 Å². The van der Waals surface area contributed by atoms with Gasteiger partial charge in [-0.3, -0.25) is 0 Å². The van der Waals surface area contributed by atoms with Gasteiger partial charge in [0.1, 0.15) is 11.5 Å². The summed E-state index contributed by atoms with van der Waals surface area (Å²) in [7, 11) is 0. The van der Waals surface area contributed by atoms with Gasteiger partial charge in [0.2, 0.25) is 0 Å². The van der Waals surface area contributed by atoms with E-state index in [0.29, 0.717) is 12.5 Å². The van der Waals surface area contributed by atoms with Crippen LogP contribution >= 0.6 is 0 Å². The lowest BCUT2D eigenvalue weighted by Gasteiger charge is -2.17. The summed E-state index contributed by atoms with van der Waals surface area (Å²) in [5, 5.41) is 6.78. The summed E-state index contributed by atoms with van der Waals surface area (Å²) in [4.78, 5) is 14.1. The van der Waals surface area contributed by atoms with Crippen LogP contribution in [0.5, 0.6) is 0 Å². The Labute approximate surface area is 130 Å². The lowest BCUT2D eigenvalue weighted by atomic mass is 9.99. The van der Waals surface area contributed by atoms with E-state index in [4.69, 9.17) is 4.52 Å². The number of hydrogen-bond acceptors (Lipinski definition) is 3. The highest BCUT2D eigenvalue weighted by Gasteiger charge is 2.26. The molecule has 5 heteroatoms. The number of hydrogen-bond donors (Lipinski definition) is 1. The average molecular weight is 299 g/mol. The molecule has 1 N–H and O–H groups in total. The van der Waals surface area contributed by atoms with Crippen molar-refractivity contribution >= 4 is 6.03 Å². The predicted molar refractivity (Wildman–Crippen MR) is 83.3 cm³/mol. The topological polar surface area (TPSA) is 58.4 Å². The minimum atomic E-state index is -0.0174. The first kappa shape index (κ1) is 14.6. The Hall–Kier alpha value is -2.30. The fraction of sp³-hybridized carbons (Fsp3) is 0.412. The molecule has 0 spiro atoms. The molecule has 2 aromatic rings. The van der Waals surface area contributed by atoms with E-state index in [1.165, 1.54) is 5.56 Å². The van der Waals surface area contributed by atoms with Gasteiger partial charge >= 0.3 is 6.03 Å². The van der Waals surface area contributed by atoms with E-state index in [9.17, 15) is 4.79 Å². The fourth-order valence-electron chi connectivity index (χ4n) is 2.91. The Morgan fingerprint density at radius 1 is 1.41 bits per heavy atom. The number of nitrogens with zero attached hydrogens (tertiary/aromatic N) is 2. The molecule has 1 aromatic carbocycles. The van der Waals surface area contributed by atoms with Crippen molar-refractivity contribution in [2.45, 2.75) is 26.3 Å². The molecule has 22 heavy (non-hydrogen) atoms. The number of nitrogens with one attached hydrogen (secondary N) is 1. The van der Waals surface area contributed by atoms with Crippen molar-refractivity contribution in [3.63, 3.8) is 0 Å². The summed E-state index contributed by atoms with van der Waals surface area (Å²) < 4.78 is 4.99. The molecule has 0 saturated carbocycles. The first-order valence-electron chi connectivity index (χ1n) is 7.69. The standard InChI is InChI=1S/C17H21N3O2/c1-13-9-16(19-22-13)11-18-17(21)20-8-7-15(12-20)10-14-5-3-2-4-6-14/h2-6,9,15H,7-8,10-12H2,1H3,(H,18,21). The van der Waals surface area contributed by atoms with Crippen LogP contribution in [0.25, 0.3) is 0 Å². The molecule has 1 unspecified atom stereocenters. The zero-order chi connectivity index (χ0) is 15.4. The van der Waals surface area contributed by atoms with E-state index in [1.54, 1.807) is 0 Å². The van der Waals surface area contributed by atoms with Gasteiger partial charge in [0.15, 0.2) is 0 Å². The maximum absolute atomic E-state index is 12.2. The average Bonchev–Trinajstić information content (AvgIpc) is 3.15. The quantitative estimate of drug-likeness (QED) is 0.944. The number of benzene rings is 1. The van der Waals surface area contributed by atoms with Crippen LogP contribution < -0.4 is 5.32 Å². The second kappa shape index (κ2) is 6.64. The highest BCUT2D eigenvalue weighted by molar-refractivity contribution is 5.74. The number of carbonyl (C=O) groups excluding carboxylic acids is 1. The van der Waals surface area contributed by atoms with Gasteiger partial charge in [0.25, 0.3) is 0 Å². The van der Waals surface area contributed by atoms with Crippen LogP contribution in [0.3, 0.4) is 0 Å². The first-order valence-corrected chi connectivity index (χ1v) is 7.69. The summed E-state index contributed by atoms with van der Waals surface area (Å²) in [5.41, 5.74) is 2.10. The Morgan fingerprint density at radius 2 is 2.23 bits per heavy atom. The van der Waals surface area contributed by atoms with Crippen molar-refractivity contribution in [2.24, 2.45) is 5.92 Å². The van der Waals surface area contributed by atoms with Gasteiger partial charge in [0, 0.05) is 19.2 Å². The molecule has 5 nitrogen and oxygen atoms in total. The lowest BCUT2D eigenvalue weighted by Crippen LogP contribution is -2.38. The van der Waals surface area contributed by atoms with Gasteiger partial charge in [-0.05, 0) is 31.2 Å². The molecule has 1 aliphatic rings. The number of aryl methyl sites for hydroxylation is 1. The zero-order valence-electron chi connectivity index (χ0n) is 12.8. The number of likely N-dealkylation sites (tertiary alicyclic amines) is 1. The smallest absolute Gasteiger partial charge is 0.317 e. The second-order valence-corrected chi connectivity index (χ2v) is 5.88. The predicted octanol–water partition coefficient (Wildman–Crippen LogP) is 2.76. The van der Waals surface area contributed by atoms with Crippen molar-refractivity contribution in [1.29, 1.82) is 0 Å². The molecule has 116 valence electrons. The number of urea groups is 1. The summed E-state index contributed by atoms with van der Waals surface area (Å²) in [6, 6.07) is 12.3.